The Kier molecular flexibility index (Phi) is 6.18. The van der Waals surface area contributed by atoms with Crippen LogP contribution in [0.15, 0.2) is 22.7 Å². The van der Waals surface area contributed by atoms with E-state index >= 15 is 0 Å². The van der Waals surface area contributed by atoms with Crippen LogP contribution >= 0.6 is 11.6 Å². The smallest absolute Gasteiger partial charge is 0.255 e. The predicted molar refractivity (Wildman–Crippen MR) is 138 cm³/mol. The number of halogens is 1. The first-order valence-electron chi connectivity index (χ1n) is 12.7. The molecule has 1 aromatic carbocycles. The van der Waals surface area contributed by atoms with E-state index in [1.807, 2.05) is 0 Å². The van der Waals surface area contributed by atoms with Crippen molar-refractivity contribution in [2.75, 3.05) is 14.1 Å². The number of benzene rings is 1. The zero-order chi connectivity index (χ0) is 28.0. The van der Waals surface area contributed by atoms with Gasteiger partial charge in [-0.2, -0.15) is 0 Å². The number of phenolic OH excluding ortho intramolecular Hbond substituents is 1. The van der Waals surface area contributed by atoms with Gasteiger partial charge in [-0.25, -0.2) is 0 Å². The second kappa shape index (κ2) is 8.81. The van der Waals surface area contributed by atoms with E-state index in [-0.39, 0.29) is 35.8 Å². The third kappa shape index (κ3) is 3.33. The fourth-order valence-electron chi connectivity index (χ4n) is 6.81. The summed E-state index contributed by atoms with van der Waals surface area (Å²) in [6, 6.07) is -0.806. The van der Waals surface area contributed by atoms with E-state index in [0.717, 1.165) is 12.0 Å². The molecule has 6 N–H and O–H groups in total. The van der Waals surface area contributed by atoms with Gasteiger partial charge >= 0.3 is 0 Å². The van der Waals surface area contributed by atoms with Crippen molar-refractivity contribution in [2.45, 2.75) is 63.9 Å². The summed E-state index contributed by atoms with van der Waals surface area (Å²) in [5.74, 6) is -6.64. The largest absolute Gasteiger partial charge is 0.510 e. The highest BCUT2D eigenvalue weighted by Crippen LogP contribution is 2.54. The van der Waals surface area contributed by atoms with E-state index in [1.54, 1.807) is 14.1 Å². The second-order valence-corrected chi connectivity index (χ2v) is 11.5. The number of phenols is 1. The molecule has 5 atom stereocenters. The fourth-order valence-corrected chi connectivity index (χ4v) is 7.16. The number of carbonyl (C=O) groups excluding carboxylic acids is 3. The van der Waals surface area contributed by atoms with Crippen LogP contribution in [0.4, 0.5) is 0 Å². The average Bonchev–Trinajstić information content (AvgIpc) is 3.30. The number of allylic oxidation sites excluding steroid dienone is 1. The normalized spacial score (nSPS) is 29.8. The number of aromatic hydroxyl groups is 1. The molecule has 0 fully saturated rings. The summed E-state index contributed by atoms with van der Waals surface area (Å²) >= 11 is 6.86. The molecule has 1 amide bonds. The number of amides is 1. The highest BCUT2D eigenvalue weighted by molar-refractivity contribution is 6.33. The van der Waals surface area contributed by atoms with Gasteiger partial charge in [0.2, 0.25) is 5.78 Å². The third-order valence-corrected chi connectivity index (χ3v) is 9.43. The summed E-state index contributed by atoms with van der Waals surface area (Å²) in [6.45, 7) is 5.08. The van der Waals surface area contributed by atoms with Gasteiger partial charge in [-0.05, 0) is 57.3 Å². The third-order valence-electron chi connectivity index (χ3n) is 8.97. The standard InChI is InChI=1S/C27H32ClN3O7/c1-5-10(2)31-8-13-14(9-31)21(32)17-12(19(13)28)6-11-7-15-20(30(3)4)23(34)18(26(29)37)25(36)27(15,38)24(35)16(11)22(17)33/h10-11,15,20,32,34-35,38H,5-9H2,1-4H3,(H2,29,37)/t10-,11+,15+,20+,27+/m1/s1. The maximum Gasteiger partial charge on any atom is 0.255 e. The number of rotatable bonds is 4. The van der Waals surface area contributed by atoms with Gasteiger partial charge in [0.1, 0.15) is 22.8 Å². The Morgan fingerprint density at radius 1 is 1.18 bits per heavy atom. The molecule has 38 heavy (non-hydrogen) atoms. The Balaban J connectivity index is 1.68. The summed E-state index contributed by atoms with van der Waals surface area (Å²) in [6.07, 6.45) is 1.10. The molecule has 1 aliphatic heterocycles. The molecule has 0 saturated carbocycles. The van der Waals surface area contributed by atoms with E-state index in [9.17, 15) is 34.8 Å². The Hall–Kier alpha value is -2.92. The Labute approximate surface area is 225 Å². The lowest BCUT2D eigenvalue weighted by molar-refractivity contribution is -0.148. The maximum atomic E-state index is 13.9. The zero-order valence-electron chi connectivity index (χ0n) is 21.7. The van der Waals surface area contributed by atoms with E-state index in [1.165, 1.54) is 4.90 Å². The topological polar surface area (TPSA) is 165 Å². The molecule has 0 spiro atoms. The molecule has 1 heterocycles. The number of carbonyl (C=O) groups is 3. The van der Waals surface area contributed by atoms with Gasteiger partial charge in [0.25, 0.3) is 5.91 Å². The summed E-state index contributed by atoms with van der Waals surface area (Å²) in [5, 5.41) is 45.6. The molecule has 10 nitrogen and oxygen atoms in total. The minimum absolute atomic E-state index is 0.0267. The molecule has 3 aliphatic carbocycles. The quantitative estimate of drug-likeness (QED) is 0.355. The van der Waals surface area contributed by atoms with Crippen LogP contribution in [0.25, 0.3) is 0 Å². The number of nitrogens with two attached hydrogens (primary N) is 1. The van der Waals surface area contributed by atoms with E-state index in [4.69, 9.17) is 17.3 Å². The molecule has 0 saturated heterocycles. The molecule has 204 valence electrons. The van der Waals surface area contributed by atoms with Crippen LogP contribution < -0.4 is 5.73 Å². The average molecular weight is 546 g/mol. The monoisotopic (exact) mass is 545 g/mol. The van der Waals surface area contributed by atoms with Crippen LogP contribution in [0, 0.1) is 11.8 Å². The first-order chi connectivity index (χ1) is 17.8. The van der Waals surface area contributed by atoms with Crippen molar-refractivity contribution in [1.29, 1.82) is 0 Å². The Morgan fingerprint density at radius 2 is 1.82 bits per heavy atom. The van der Waals surface area contributed by atoms with Gasteiger partial charge in [0.05, 0.1) is 11.6 Å². The molecular weight excluding hydrogens is 514 g/mol. The van der Waals surface area contributed by atoms with Gasteiger partial charge in [-0.1, -0.05) is 18.5 Å². The van der Waals surface area contributed by atoms with Crippen LogP contribution in [0.1, 0.15) is 53.7 Å². The van der Waals surface area contributed by atoms with Crippen molar-refractivity contribution in [1.82, 2.24) is 9.80 Å². The number of nitrogens with zero attached hydrogens (tertiary/aromatic N) is 2. The van der Waals surface area contributed by atoms with Crippen LogP contribution in [-0.2, 0) is 29.1 Å². The molecule has 0 aromatic heterocycles. The first kappa shape index (κ1) is 26.7. The van der Waals surface area contributed by atoms with Gasteiger partial charge in [0, 0.05) is 41.2 Å². The van der Waals surface area contributed by atoms with E-state index < -0.39 is 58.0 Å². The fraction of sp³-hybridized carbons (Fsp3) is 0.519. The van der Waals surface area contributed by atoms with E-state index in [2.05, 4.69) is 18.7 Å². The lowest BCUT2D eigenvalue weighted by Gasteiger charge is -2.50. The molecule has 0 unspecified atom stereocenters. The number of aliphatic hydroxyl groups excluding tert-OH is 2. The van der Waals surface area contributed by atoms with E-state index in [0.29, 0.717) is 29.2 Å². The summed E-state index contributed by atoms with van der Waals surface area (Å²) < 4.78 is 0. The lowest BCUT2D eigenvalue weighted by atomic mass is 9.58. The molecule has 0 bridgehead atoms. The molecule has 5 rings (SSSR count). The van der Waals surface area contributed by atoms with Crippen LogP contribution in [-0.4, -0.2) is 79.5 Å². The molecule has 0 radical (unpaired) electrons. The van der Waals surface area contributed by atoms with Gasteiger partial charge < -0.3 is 26.2 Å². The number of aliphatic hydroxyl groups is 3. The first-order valence-corrected chi connectivity index (χ1v) is 13.1. The predicted octanol–water partition coefficient (Wildman–Crippen LogP) is 1.89. The Bertz CT molecular complexity index is 1370. The highest BCUT2D eigenvalue weighted by atomic mass is 35.5. The molecular formula is C27H32ClN3O7. The van der Waals surface area contributed by atoms with Crippen molar-refractivity contribution in [3.8, 4) is 5.75 Å². The number of ketones is 2. The second-order valence-electron chi connectivity index (χ2n) is 11.1. The van der Waals surface area contributed by atoms with Crippen molar-refractivity contribution < 1.29 is 34.8 Å². The summed E-state index contributed by atoms with van der Waals surface area (Å²) in [4.78, 5) is 43.0. The maximum absolute atomic E-state index is 13.9. The Morgan fingerprint density at radius 3 is 2.39 bits per heavy atom. The van der Waals surface area contributed by atoms with Crippen LogP contribution in [0.5, 0.6) is 5.75 Å². The number of Topliss-reactive ketones (excluding diaryl/α,β-unsaturated/α-hetero) is 2. The van der Waals surface area contributed by atoms with Gasteiger partial charge in [-0.3, -0.25) is 24.2 Å². The van der Waals surface area contributed by atoms with Crippen molar-refractivity contribution in [2.24, 2.45) is 17.6 Å². The number of likely N-dealkylation sites (N-methyl/N-ethyl adjacent to an activating group) is 1. The van der Waals surface area contributed by atoms with Crippen LogP contribution in [0.2, 0.25) is 5.02 Å². The molecule has 4 aliphatic rings. The number of hydrogen-bond acceptors (Lipinski definition) is 9. The number of fused-ring (bicyclic) bond motifs is 4. The number of primary amides is 1. The molecule has 1 aromatic rings. The summed E-state index contributed by atoms with van der Waals surface area (Å²) in [7, 11) is 3.18. The van der Waals surface area contributed by atoms with Crippen molar-refractivity contribution in [3.05, 3.63) is 49.9 Å². The lowest BCUT2D eigenvalue weighted by Crippen LogP contribution is -2.63. The SMILES string of the molecule is CC[C@@H](C)N1Cc2c(O)c3c(c(Cl)c2C1)C[C@H]1C[C@H]2[C@H](N(C)C)C(O)=C(C(N)=O)C(=O)[C@@]2(O)C(O)=C1C3=O. The van der Waals surface area contributed by atoms with Gasteiger partial charge in [0.15, 0.2) is 11.4 Å². The minimum Gasteiger partial charge on any atom is -0.510 e. The van der Waals surface area contributed by atoms with Crippen molar-refractivity contribution in [3.63, 3.8) is 0 Å². The van der Waals surface area contributed by atoms with Gasteiger partial charge in [-0.15, -0.1) is 0 Å². The van der Waals surface area contributed by atoms with Crippen molar-refractivity contribution >= 4 is 29.1 Å². The highest BCUT2D eigenvalue weighted by Gasteiger charge is 2.63. The summed E-state index contributed by atoms with van der Waals surface area (Å²) in [5.41, 5.74) is 3.44. The number of hydrogen-bond donors (Lipinski definition) is 5. The van der Waals surface area contributed by atoms with Crippen LogP contribution in [0.3, 0.4) is 0 Å². The zero-order valence-corrected chi connectivity index (χ0v) is 22.5. The molecule has 11 heteroatoms. The minimum atomic E-state index is -2.66.